The van der Waals surface area contributed by atoms with Gasteiger partial charge >= 0.3 is 0 Å². The minimum Gasteiger partial charge on any atom is -0.293 e. The maximum atomic E-state index is 5.52. The van der Waals surface area contributed by atoms with E-state index in [2.05, 4.69) is 0 Å². The molecule has 0 aliphatic heterocycles. The summed E-state index contributed by atoms with van der Waals surface area (Å²) in [5.74, 6) is 5.36. The summed E-state index contributed by atoms with van der Waals surface area (Å²) in [6.45, 7) is 1.89. The van der Waals surface area contributed by atoms with Gasteiger partial charge in [0, 0.05) is 0 Å². The van der Waals surface area contributed by atoms with Crippen molar-refractivity contribution in [3.05, 3.63) is 18.7 Å². The van der Waals surface area contributed by atoms with E-state index >= 15 is 0 Å². The molecule has 4 N–H and O–H groups in total. The van der Waals surface area contributed by atoms with Crippen molar-refractivity contribution in [2.75, 3.05) is 5.84 Å². The van der Waals surface area contributed by atoms with E-state index in [9.17, 15) is 0 Å². The van der Waals surface area contributed by atoms with Crippen molar-refractivity contribution in [1.29, 1.82) is 0 Å². The molecule has 0 bridgehead atoms. The minimum absolute atomic E-state index is 0.00481. The molecule has 1 rings (SSSR count). The van der Waals surface area contributed by atoms with Gasteiger partial charge < -0.3 is 0 Å². The SMILES string of the molecule is CC(N)[n+]1ccn(N)c1. The molecule has 0 radical (unpaired) electrons. The first-order valence-electron chi connectivity index (χ1n) is 2.79. The molecule has 9 heavy (non-hydrogen) atoms. The van der Waals surface area contributed by atoms with Crippen LogP contribution in [0, 0.1) is 0 Å². The number of hydrogen-bond donors (Lipinski definition) is 2. The molecule has 50 valence electrons. The van der Waals surface area contributed by atoms with Crippen molar-refractivity contribution in [2.45, 2.75) is 13.1 Å². The highest BCUT2D eigenvalue weighted by atomic mass is 15.3. The van der Waals surface area contributed by atoms with Crippen LogP contribution in [0.4, 0.5) is 0 Å². The molecule has 0 aliphatic rings. The van der Waals surface area contributed by atoms with Crippen molar-refractivity contribution in [3.63, 3.8) is 0 Å². The van der Waals surface area contributed by atoms with Crippen molar-refractivity contribution < 1.29 is 4.57 Å². The molecule has 1 atom stereocenters. The minimum atomic E-state index is -0.00481. The molecule has 4 heteroatoms. The van der Waals surface area contributed by atoms with Gasteiger partial charge in [-0.1, -0.05) is 0 Å². The number of nitrogens with zero attached hydrogens (tertiary/aromatic N) is 2. The third-order valence-electron chi connectivity index (χ3n) is 1.15. The van der Waals surface area contributed by atoms with Gasteiger partial charge in [0.1, 0.15) is 12.4 Å². The van der Waals surface area contributed by atoms with Crippen LogP contribution in [0.1, 0.15) is 13.1 Å². The fourth-order valence-corrected chi connectivity index (χ4v) is 0.626. The average Bonchev–Trinajstić information content (AvgIpc) is 2.14. The Morgan fingerprint density at radius 3 is 2.56 bits per heavy atom. The Bertz CT molecular complexity index is 191. The predicted octanol–water partition coefficient (Wildman–Crippen LogP) is -1.03. The molecule has 0 saturated carbocycles. The van der Waals surface area contributed by atoms with E-state index in [1.54, 1.807) is 12.5 Å². The van der Waals surface area contributed by atoms with Crippen LogP contribution >= 0.6 is 0 Å². The van der Waals surface area contributed by atoms with Crippen LogP contribution in [0.25, 0.3) is 0 Å². The Balaban J connectivity index is 2.85. The summed E-state index contributed by atoms with van der Waals surface area (Å²) in [7, 11) is 0. The standard InChI is InChI=1S/C5H11N4/c1-5(6)8-2-3-9(7)4-8/h2-5H,6-7H2,1H3/q+1. The van der Waals surface area contributed by atoms with Crippen molar-refractivity contribution >= 4 is 0 Å². The summed E-state index contributed by atoms with van der Waals surface area (Å²) in [6.07, 6.45) is 5.29. The van der Waals surface area contributed by atoms with E-state index in [0.29, 0.717) is 0 Å². The number of aromatic nitrogens is 2. The zero-order chi connectivity index (χ0) is 6.85. The number of nitrogen functional groups attached to an aromatic ring is 1. The van der Waals surface area contributed by atoms with Gasteiger partial charge in [0.2, 0.25) is 0 Å². The highest BCUT2D eigenvalue weighted by Gasteiger charge is 2.02. The first kappa shape index (κ1) is 6.10. The second-order valence-electron chi connectivity index (χ2n) is 2.05. The molecule has 1 aromatic heterocycles. The first-order valence-corrected chi connectivity index (χ1v) is 2.79. The van der Waals surface area contributed by atoms with E-state index in [-0.39, 0.29) is 6.17 Å². The molecular formula is C5H11N4+. The number of nitrogens with two attached hydrogens (primary N) is 2. The average molecular weight is 127 g/mol. The Morgan fingerprint density at radius 2 is 2.33 bits per heavy atom. The highest BCUT2D eigenvalue weighted by molar-refractivity contribution is 4.64. The molecule has 0 saturated heterocycles. The van der Waals surface area contributed by atoms with Gasteiger partial charge in [0.25, 0.3) is 6.33 Å². The van der Waals surface area contributed by atoms with E-state index in [0.717, 1.165) is 0 Å². The lowest BCUT2D eigenvalue weighted by molar-refractivity contribution is -0.718. The highest BCUT2D eigenvalue weighted by Crippen LogP contribution is 1.80. The summed E-state index contributed by atoms with van der Waals surface area (Å²) in [6, 6.07) is 0. The Kier molecular flexibility index (Phi) is 1.40. The van der Waals surface area contributed by atoms with Crippen LogP contribution in [-0.2, 0) is 0 Å². The zero-order valence-electron chi connectivity index (χ0n) is 5.36. The fraction of sp³-hybridized carbons (Fsp3) is 0.400. The smallest absolute Gasteiger partial charge is 0.268 e. The monoisotopic (exact) mass is 127 g/mol. The summed E-state index contributed by atoms with van der Waals surface area (Å²) in [4.78, 5) is 0. The van der Waals surface area contributed by atoms with E-state index < -0.39 is 0 Å². The molecule has 1 heterocycles. The summed E-state index contributed by atoms with van der Waals surface area (Å²) in [5.41, 5.74) is 5.52. The Labute approximate surface area is 53.7 Å². The number of hydrogen-bond acceptors (Lipinski definition) is 2. The van der Waals surface area contributed by atoms with Gasteiger partial charge in [-0.25, -0.2) is 4.57 Å². The van der Waals surface area contributed by atoms with Crippen LogP contribution in [0.15, 0.2) is 18.7 Å². The van der Waals surface area contributed by atoms with Crippen molar-refractivity contribution in [2.24, 2.45) is 5.73 Å². The summed E-state index contributed by atoms with van der Waals surface area (Å²) in [5, 5.41) is 0. The van der Waals surface area contributed by atoms with Gasteiger partial charge in [-0.2, -0.15) is 0 Å². The molecule has 1 unspecified atom stereocenters. The molecular weight excluding hydrogens is 116 g/mol. The number of imidazole rings is 1. The van der Waals surface area contributed by atoms with Crippen LogP contribution in [0.2, 0.25) is 0 Å². The van der Waals surface area contributed by atoms with E-state index in [1.165, 1.54) is 4.68 Å². The number of rotatable bonds is 1. The predicted molar refractivity (Wildman–Crippen MR) is 33.7 cm³/mol. The quantitative estimate of drug-likeness (QED) is 0.374. The zero-order valence-corrected chi connectivity index (χ0v) is 5.36. The van der Waals surface area contributed by atoms with Crippen LogP contribution in [0.5, 0.6) is 0 Å². The second kappa shape index (κ2) is 2.06. The first-order chi connectivity index (χ1) is 4.20. The molecule has 0 amide bonds. The van der Waals surface area contributed by atoms with Gasteiger partial charge in [0.15, 0.2) is 6.20 Å². The van der Waals surface area contributed by atoms with Gasteiger partial charge in [-0.15, -0.1) is 4.68 Å². The molecule has 4 nitrogen and oxygen atoms in total. The molecule has 0 spiro atoms. The van der Waals surface area contributed by atoms with Crippen molar-refractivity contribution in [3.8, 4) is 0 Å². The largest absolute Gasteiger partial charge is 0.293 e. The Morgan fingerprint density at radius 1 is 1.67 bits per heavy atom. The maximum Gasteiger partial charge on any atom is 0.268 e. The lowest BCUT2D eigenvalue weighted by Crippen LogP contribution is -2.41. The van der Waals surface area contributed by atoms with Crippen LogP contribution < -0.4 is 16.1 Å². The lowest BCUT2D eigenvalue weighted by atomic mass is 10.6. The van der Waals surface area contributed by atoms with Crippen LogP contribution in [0.3, 0.4) is 0 Å². The third kappa shape index (κ3) is 1.20. The van der Waals surface area contributed by atoms with Gasteiger partial charge in [-0.3, -0.25) is 11.6 Å². The third-order valence-corrected chi connectivity index (χ3v) is 1.15. The molecule has 0 aliphatic carbocycles. The topological polar surface area (TPSA) is 60.8 Å². The maximum absolute atomic E-state index is 5.52. The second-order valence-corrected chi connectivity index (χ2v) is 2.05. The summed E-state index contributed by atoms with van der Waals surface area (Å²) >= 11 is 0. The van der Waals surface area contributed by atoms with Gasteiger partial charge in [-0.05, 0) is 6.92 Å². The molecule has 0 fully saturated rings. The van der Waals surface area contributed by atoms with Crippen LogP contribution in [-0.4, -0.2) is 4.68 Å². The Hall–Kier alpha value is -1.03. The molecule has 0 aromatic carbocycles. The van der Waals surface area contributed by atoms with E-state index in [1.807, 2.05) is 17.7 Å². The molecule has 1 aromatic rings. The lowest BCUT2D eigenvalue weighted by Gasteiger charge is -1.95. The fourth-order valence-electron chi connectivity index (χ4n) is 0.626. The van der Waals surface area contributed by atoms with Crippen molar-refractivity contribution in [1.82, 2.24) is 4.68 Å². The van der Waals surface area contributed by atoms with E-state index in [4.69, 9.17) is 11.6 Å². The van der Waals surface area contributed by atoms with Gasteiger partial charge in [0.05, 0.1) is 0 Å². The summed E-state index contributed by atoms with van der Waals surface area (Å²) < 4.78 is 3.28. The normalized spacial score (nSPS) is 13.6.